The summed E-state index contributed by atoms with van der Waals surface area (Å²) in [7, 11) is 5.47. The first-order chi connectivity index (χ1) is 10.5. The molecule has 6 heteroatoms. The van der Waals surface area contributed by atoms with Crippen LogP contribution in [0.25, 0.3) is 0 Å². The molecule has 22 heavy (non-hydrogen) atoms. The van der Waals surface area contributed by atoms with E-state index in [-0.39, 0.29) is 11.9 Å². The Morgan fingerprint density at radius 2 is 2.09 bits per heavy atom. The van der Waals surface area contributed by atoms with Crippen LogP contribution in [0.15, 0.2) is 41.1 Å². The number of carbonyl (C=O) groups excluding carboxylic acids is 1. The Morgan fingerprint density at radius 1 is 1.41 bits per heavy atom. The van der Waals surface area contributed by atoms with Crippen LogP contribution in [-0.4, -0.2) is 41.2 Å². The highest BCUT2D eigenvalue weighted by molar-refractivity contribution is 9.10. The second kappa shape index (κ2) is 7.56. The Morgan fingerprint density at radius 3 is 2.64 bits per heavy atom. The molecule has 0 radical (unpaired) electrons. The Kier molecular flexibility index (Phi) is 5.74. The quantitative estimate of drug-likeness (QED) is 0.854. The fourth-order valence-corrected chi connectivity index (χ4v) is 2.56. The molecule has 118 valence electrons. The fraction of sp³-hybridized carbons (Fsp3) is 0.375. The van der Waals surface area contributed by atoms with Crippen molar-refractivity contribution in [3.8, 4) is 0 Å². The lowest BCUT2D eigenvalue weighted by Crippen LogP contribution is -2.38. The van der Waals surface area contributed by atoms with Gasteiger partial charge in [0.05, 0.1) is 6.20 Å². The van der Waals surface area contributed by atoms with Crippen molar-refractivity contribution < 1.29 is 4.79 Å². The normalized spacial score (nSPS) is 12.2. The second-order valence-corrected chi connectivity index (χ2v) is 6.22. The smallest absolute Gasteiger partial charge is 0.244 e. The summed E-state index contributed by atoms with van der Waals surface area (Å²) in [6, 6.07) is 7.81. The topological polar surface area (TPSA) is 50.2 Å². The molecule has 1 aromatic heterocycles. The highest BCUT2D eigenvalue weighted by Crippen LogP contribution is 2.15. The van der Waals surface area contributed by atoms with Gasteiger partial charge in [-0.05, 0) is 31.2 Å². The number of halogens is 1. The number of benzene rings is 1. The van der Waals surface area contributed by atoms with E-state index in [1.54, 1.807) is 22.8 Å². The van der Waals surface area contributed by atoms with Crippen molar-refractivity contribution in [2.75, 3.05) is 20.6 Å². The van der Waals surface area contributed by atoms with Crippen LogP contribution in [-0.2, 0) is 18.3 Å². The lowest BCUT2D eigenvalue weighted by atomic mass is 10.1. The molecule has 0 saturated carbocycles. The van der Waals surface area contributed by atoms with Gasteiger partial charge in [0.1, 0.15) is 6.04 Å². The Hall–Kier alpha value is -1.66. The largest absolute Gasteiger partial charge is 0.344 e. The molecule has 5 nitrogen and oxygen atoms in total. The summed E-state index contributed by atoms with van der Waals surface area (Å²) in [5.74, 6) is 0.0487. The molecule has 1 N–H and O–H groups in total. The maximum atomic E-state index is 12.6. The van der Waals surface area contributed by atoms with E-state index >= 15 is 0 Å². The van der Waals surface area contributed by atoms with Crippen LogP contribution in [0, 0.1) is 0 Å². The third kappa shape index (κ3) is 4.18. The van der Waals surface area contributed by atoms with Crippen LogP contribution < -0.4 is 5.32 Å². The van der Waals surface area contributed by atoms with Gasteiger partial charge in [0.25, 0.3) is 0 Å². The van der Waals surface area contributed by atoms with Crippen LogP contribution in [0.3, 0.4) is 0 Å². The minimum Gasteiger partial charge on any atom is -0.344 e. The Balaban J connectivity index is 1.96. The van der Waals surface area contributed by atoms with Crippen molar-refractivity contribution >= 4 is 21.8 Å². The highest BCUT2D eigenvalue weighted by Gasteiger charge is 2.23. The Labute approximate surface area is 139 Å². The van der Waals surface area contributed by atoms with Gasteiger partial charge in [0, 0.05) is 36.9 Å². The number of carbonyl (C=O) groups is 1. The molecule has 1 aromatic carbocycles. The first-order valence-electron chi connectivity index (χ1n) is 7.16. The van der Waals surface area contributed by atoms with Crippen molar-refractivity contribution in [1.29, 1.82) is 0 Å². The van der Waals surface area contributed by atoms with E-state index in [9.17, 15) is 4.79 Å². The molecule has 1 amide bonds. The molecular weight excluding hydrogens is 344 g/mol. The molecule has 0 aliphatic heterocycles. The molecule has 1 unspecified atom stereocenters. The number of nitrogens with zero attached hydrogens (tertiary/aromatic N) is 3. The van der Waals surface area contributed by atoms with Crippen LogP contribution in [0.4, 0.5) is 0 Å². The summed E-state index contributed by atoms with van der Waals surface area (Å²) < 4.78 is 2.77. The van der Waals surface area contributed by atoms with Gasteiger partial charge in [-0.15, -0.1) is 0 Å². The number of aryl methyl sites for hydroxylation is 1. The number of amides is 1. The highest BCUT2D eigenvalue weighted by atomic mass is 79.9. The monoisotopic (exact) mass is 364 g/mol. The predicted molar refractivity (Wildman–Crippen MR) is 90.5 cm³/mol. The molecule has 0 spiro atoms. The van der Waals surface area contributed by atoms with Crippen molar-refractivity contribution in [3.63, 3.8) is 0 Å². The average Bonchev–Trinajstić information content (AvgIpc) is 2.93. The van der Waals surface area contributed by atoms with Crippen LogP contribution in [0.5, 0.6) is 0 Å². The van der Waals surface area contributed by atoms with Gasteiger partial charge < -0.3 is 10.2 Å². The lowest BCUT2D eigenvalue weighted by Gasteiger charge is -2.23. The zero-order valence-corrected chi connectivity index (χ0v) is 14.7. The van der Waals surface area contributed by atoms with Crippen LogP contribution >= 0.6 is 15.9 Å². The van der Waals surface area contributed by atoms with Crippen LogP contribution in [0.2, 0.25) is 0 Å². The third-order valence-corrected chi connectivity index (χ3v) is 4.15. The fourth-order valence-electron chi connectivity index (χ4n) is 2.30. The molecule has 0 bridgehead atoms. The van der Waals surface area contributed by atoms with E-state index < -0.39 is 0 Å². The minimum atomic E-state index is -0.358. The maximum Gasteiger partial charge on any atom is 0.244 e. The number of nitrogens with one attached hydrogen (secondary N) is 1. The van der Waals surface area contributed by atoms with E-state index in [2.05, 4.69) is 38.5 Å². The van der Waals surface area contributed by atoms with Crippen molar-refractivity contribution in [1.82, 2.24) is 20.0 Å². The summed E-state index contributed by atoms with van der Waals surface area (Å²) in [4.78, 5) is 14.3. The molecule has 1 atom stereocenters. The van der Waals surface area contributed by atoms with E-state index in [1.807, 2.05) is 32.4 Å². The van der Waals surface area contributed by atoms with E-state index in [0.717, 1.165) is 16.5 Å². The zero-order chi connectivity index (χ0) is 16.1. The minimum absolute atomic E-state index is 0.0487. The number of aromatic nitrogens is 2. The summed E-state index contributed by atoms with van der Waals surface area (Å²) in [5, 5.41) is 7.20. The summed E-state index contributed by atoms with van der Waals surface area (Å²) in [5.41, 5.74) is 2.09. The number of rotatable bonds is 6. The van der Waals surface area contributed by atoms with E-state index in [4.69, 9.17) is 0 Å². The van der Waals surface area contributed by atoms with E-state index in [1.165, 1.54) is 5.56 Å². The molecule has 0 aliphatic carbocycles. The Bertz CT molecular complexity index is 623. The maximum absolute atomic E-state index is 12.6. The van der Waals surface area contributed by atoms with Crippen molar-refractivity contribution in [3.05, 3.63) is 52.3 Å². The number of hydrogen-bond acceptors (Lipinski definition) is 3. The van der Waals surface area contributed by atoms with E-state index in [0.29, 0.717) is 6.54 Å². The first-order valence-corrected chi connectivity index (χ1v) is 7.96. The predicted octanol–water partition coefficient (Wildman–Crippen LogP) is 2.14. The molecule has 0 fully saturated rings. The molecule has 2 rings (SSSR count). The van der Waals surface area contributed by atoms with Gasteiger partial charge in [-0.3, -0.25) is 9.48 Å². The molecule has 2 aromatic rings. The van der Waals surface area contributed by atoms with Gasteiger partial charge in [0.2, 0.25) is 5.91 Å². The summed E-state index contributed by atoms with van der Waals surface area (Å²) >= 11 is 3.42. The van der Waals surface area contributed by atoms with Gasteiger partial charge in [0.15, 0.2) is 0 Å². The molecule has 0 saturated heterocycles. The number of hydrogen-bond donors (Lipinski definition) is 1. The van der Waals surface area contributed by atoms with Crippen molar-refractivity contribution in [2.45, 2.75) is 12.5 Å². The molecule has 1 heterocycles. The summed E-state index contributed by atoms with van der Waals surface area (Å²) in [6.07, 6.45) is 4.42. The SMILES string of the molecule is CNC(C(=O)N(C)CCc1ccc(Br)cc1)c1cnn(C)c1. The van der Waals surface area contributed by atoms with Gasteiger partial charge >= 0.3 is 0 Å². The molecular formula is C16H21BrN4O. The standard InChI is InChI=1S/C16H21BrN4O/c1-18-15(13-10-19-21(3)11-13)16(22)20(2)9-8-12-4-6-14(17)7-5-12/h4-7,10-11,15,18H,8-9H2,1-3H3. The molecule has 0 aliphatic rings. The van der Waals surface area contributed by atoms with Crippen LogP contribution in [0.1, 0.15) is 17.2 Å². The van der Waals surface area contributed by atoms with Gasteiger partial charge in [-0.1, -0.05) is 28.1 Å². The average molecular weight is 365 g/mol. The second-order valence-electron chi connectivity index (χ2n) is 5.31. The summed E-state index contributed by atoms with van der Waals surface area (Å²) in [6.45, 7) is 0.679. The lowest BCUT2D eigenvalue weighted by molar-refractivity contribution is -0.132. The zero-order valence-electron chi connectivity index (χ0n) is 13.1. The third-order valence-electron chi connectivity index (χ3n) is 3.62. The van der Waals surface area contributed by atoms with Crippen molar-refractivity contribution in [2.24, 2.45) is 7.05 Å². The number of likely N-dealkylation sites (N-methyl/N-ethyl adjacent to an activating group) is 2. The van der Waals surface area contributed by atoms with Gasteiger partial charge in [-0.25, -0.2) is 0 Å². The first kappa shape index (κ1) is 16.7. The van der Waals surface area contributed by atoms with Gasteiger partial charge in [-0.2, -0.15) is 5.10 Å².